The van der Waals surface area contributed by atoms with Crippen LogP contribution in [0, 0.1) is 0 Å². The monoisotopic (exact) mass is 297 g/mol. The maximum atomic E-state index is 12.0. The highest BCUT2D eigenvalue weighted by Crippen LogP contribution is 2.16. The lowest BCUT2D eigenvalue weighted by Gasteiger charge is -2.34. The van der Waals surface area contributed by atoms with Crippen LogP contribution in [0.3, 0.4) is 0 Å². The number of rotatable bonds is 4. The van der Waals surface area contributed by atoms with Gasteiger partial charge in [-0.3, -0.25) is 4.79 Å². The van der Waals surface area contributed by atoms with E-state index in [0.29, 0.717) is 12.5 Å². The third-order valence-corrected chi connectivity index (χ3v) is 3.42. The number of nitrogens with one attached hydrogen (secondary N) is 1. The summed E-state index contributed by atoms with van der Waals surface area (Å²) < 4.78 is 0. The van der Waals surface area contributed by atoms with Crippen molar-refractivity contribution in [2.24, 2.45) is 5.73 Å². The number of hydrogen-bond donors (Lipinski definition) is 2. The molecule has 0 spiro atoms. The first kappa shape index (κ1) is 16.8. The summed E-state index contributed by atoms with van der Waals surface area (Å²) in [4.78, 5) is 14.0. The molecule has 0 saturated carbocycles. The zero-order valence-corrected chi connectivity index (χ0v) is 12.7. The molecule has 1 fully saturated rings. The van der Waals surface area contributed by atoms with Gasteiger partial charge in [-0.05, 0) is 31.9 Å². The third-order valence-electron chi connectivity index (χ3n) is 3.42. The second-order valence-corrected chi connectivity index (χ2v) is 5.37. The van der Waals surface area contributed by atoms with E-state index in [2.05, 4.69) is 17.4 Å². The molecule has 1 aromatic rings. The lowest BCUT2D eigenvalue weighted by molar-refractivity contribution is -0.132. The van der Waals surface area contributed by atoms with Gasteiger partial charge in [-0.1, -0.05) is 18.2 Å². The molecule has 0 radical (unpaired) electrons. The molecule has 2 rings (SSSR count). The maximum Gasteiger partial charge on any atom is 0.224 e. The van der Waals surface area contributed by atoms with Gasteiger partial charge in [0.05, 0.1) is 0 Å². The topological polar surface area (TPSA) is 58.4 Å². The predicted molar refractivity (Wildman–Crippen MR) is 85.2 cm³/mol. The molecule has 2 unspecified atom stereocenters. The predicted octanol–water partition coefficient (Wildman–Crippen LogP) is 2.25. The van der Waals surface area contributed by atoms with Gasteiger partial charge in [0, 0.05) is 37.3 Å². The number of halogens is 1. The van der Waals surface area contributed by atoms with Crippen LogP contribution in [-0.2, 0) is 4.79 Å². The second kappa shape index (κ2) is 8.12. The molecule has 1 aliphatic heterocycles. The largest absolute Gasteiger partial charge is 0.381 e. The lowest BCUT2D eigenvalue weighted by atomic mass is 10.0. The van der Waals surface area contributed by atoms with Gasteiger partial charge in [0.2, 0.25) is 5.91 Å². The number of anilines is 1. The maximum absolute atomic E-state index is 12.0. The van der Waals surface area contributed by atoms with Gasteiger partial charge in [0.1, 0.15) is 0 Å². The van der Waals surface area contributed by atoms with Gasteiger partial charge < -0.3 is 16.0 Å². The number of nitrogens with two attached hydrogens (primary N) is 1. The average molecular weight is 298 g/mol. The Morgan fingerprint density at radius 3 is 2.80 bits per heavy atom. The van der Waals surface area contributed by atoms with E-state index in [0.717, 1.165) is 31.6 Å². The SMILES string of the molecule is CC(N)CC(=O)N1CCCC(Nc2ccccc2)C1.Cl. The van der Waals surface area contributed by atoms with Crippen LogP contribution in [0.15, 0.2) is 30.3 Å². The molecule has 3 N–H and O–H groups in total. The number of carbonyl (C=O) groups excluding carboxylic acids is 1. The van der Waals surface area contributed by atoms with Crippen molar-refractivity contribution >= 4 is 24.0 Å². The molecule has 1 heterocycles. The fourth-order valence-corrected chi connectivity index (χ4v) is 2.50. The molecule has 20 heavy (non-hydrogen) atoms. The molecule has 1 aliphatic rings. The fraction of sp³-hybridized carbons (Fsp3) is 0.533. The number of piperidine rings is 1. The Bertz CT molecular complexity index is 411. The van der Waals surface area contributed by atoms with E-state index in [4.69, 9.17) is 5.73 Å². The van der Waals surface area contributed by atoms with E-state index < -0.39 is 0 Å². The normalized spacial score (nSPS) is 19.9. The van der Waals surface area contributed by atoms with Gasteiger partial charge in [0.25, 0.3) is 0 Å². The molecule has 0 bridgehead atoms. The van der Waals surface area contributed by atoms with Gasteiger partial charge in [0.15, 0.2) is 0 Å². The van der Waals surface area contributed by atoms with Gasteiger partial charge in [-0.25, -0.2) is 0 Å². The molecule has 4 nitrogen and oxygen atoms in total. The molecule has 0 aliphatic carbocycles. The van der Waals surface area contributed by atoms with Crippen molar-refractivity contribution in [3.63, 3.8) is 0 Å². The Morgan fingerprint density at radius 1 is 1.45 bits per heavy atom. The Morgan fingerprint density at radius 2 is 2.15 bits per heavy atom. The summed E-state index contributed by atoms with van der Waals surface area (Å²) >= 11 is 0. The first-order chi connectivity index (χ1) is 9.15. The minimum atomic E-state index is -0.0602. The van der Waals surface area contributed by atoms with Crippen LogP contribution in [-0.4, -0.2) is 36.0 Å². The van der Waals surface area contributed by atoms with Crippen LogP contribution in [0.4, 0.5) is 5.69 Å². The van der Waals surface area contributed by atoms with Gasteiger partial charge in [-0.15, -0.1) is 12.4 Å². The van der Waals surface area contributed by atoms with Crippen LogP contribution in [0.5, 0.6) is 0 Å². The molecule has 5 heteroatoms. The third kappa shape index (κ3) is 5.02. The van der Waals surface area contributed by atoms with Crippen LogP contribution in [0.1, 0.15) is 26.2 Å². The van der Waals surface area contributed by atoms with Crippen LogP contribution in [0.25, 0.3) is 0 Å². The lowest BCUT2D eigenvalue weighted by Crippen LogP contribution is -2.46. The number of para-hydroxylation sites is 1. The highest BCUT2D eigenvalue weighted by molar-refractivity contribution is 5.85. The zero-order chi connectivity index (χ0) is 13.7. The average Bonchev–Trinajstić information content (AvgIpc) is 2.39. The minimum absolute atomic E-state index is 0. The molecular weight excluding hydrogens is 274 g/mol. The summed E-state index contributed by atoms with van der Waals surface area (Å²) in [5.41, 5.74) is 6.81. The van der Waals surface area contributed by atoms with Crippen molar-refractivity contribution in [1.29, 1.82) is 0 Å². The highest BCUT2D eigenvalue weighted by Gasteiger charge is 2.23. The van der Waals surface area contributed by atoms with Crippen molar-refractivity contribution in [3.8, 4) is 0 Å². The molecule has 2 atom stereocenters. The van der Waals surface area contributed by atoms with Crippen molar-refractivity contribution in [2.75, 3.05) is 18.4 Å². The first-order valence-corrected chi connectivity index (χ1v) is 7.00. The number of nitrogens with zero attached hydrogens (tertiary/aromatic N) is 1. The minimum Gasteiger partial charge on any atom is -0.381 e. The number of carbonyl (C=O) groups is 1. The van der Waals surface area contributed by atoms with Crippen LogP contribution < -0.4 is 11.1 Å². The molecule has 112 valence electrons. The van der Waals surface area contributed by atoms with Crippen molar-refractivity contribution in [2.45, 2.75) is 38.3 Å². The Hall–Kier alpha value is -1.26. The van der Waals surface area contributed by atoms with E-state index in [-0.39, 0.29) is 24.4 Å². The van der Waals surface area contributed by atoms with E-state index in [1.807, 2.05) is 30.0 Å². The zero-order valence-electron chi connectivity index (χ0n) is 11.9. The number of likely N-dealkylation sites (tertiary alicyclic amines) is 1. The quantitative estimate of drug-likeness (QED) is 0.896. The second-order valence-electron chi connectivity index (χ2n) is 5.37. The van der Waals surface area contributed by atoms with Gasteiger partial charge in [-0.2, -0.15) is 0 Å². The first-order valence-electron chi connectivity index (χ1n) is 7.00. The summed E-state index contributed by atoms with van der Waals surface area (Å²) in [5, 5.41) is 3.49. The summed E-state index contributed by atoms with van der Waals surface area (Å²) in [5.74, 6) is 0.176. The summed E-state index contributed by atoms with van der Waals surface area (Å²) in [6.45, 7) is 3.51. The van der Waals surface area contributed by atoms with E-state index in [9.17, 15) is 4.79 Å². The number of hydrogen-bond acceptors (Lipinski definition) is 3. The molecule has 1 saturated heterocycles. The Labute approximate surface area is 127 Å². The number of amides is 1. The van der Waals surface area contributed by atoms with Crippen LogP contribution in [0.2, 0.25) is 0 Å². The Balaban J connectivity index is 0.00000200. The Kier molecular flexibility index (Phi) is 6.82. The molecule has 0 aromatic heterocycles. The van der Waals surface area contributed by atoms with Crippen molar-refractivity contribution in [3.05, 3.63) is 30.3 Å². The summed E-state index contributed by atoms with van der Waals surface area (Å²) in [6, 6.07) is 10.4. The standard InChI is InChI=1S/C15H23N3O.ClH/c1-12(16)10-15(19)18-9-5-8-14(11-18)17-13-6-3-2-4-7-13;/h2-4,6-7,12,14,17H,5,8-11,16H2,1H3;1H. The molecule has 1 amide bonds. The molecule has 1 aromatic carbocycles. The fourth-order valence-electron chi connectivity index (χ4n) is 2.50. The summed E-state index contributed by atoms with van der Waals surface area (Å²) in [6.07, 6.45) is 2.60. The highest BCUT2D eigenvalue weighted by atomic mass is 35.5. The molecular formula is C15H24ClN3O. The van der Waals surface area contributed by atoms with Crippen LogP contribution >= 0.6 is 12.4 Å². The van der Waals surface area contributed by atoms with Crippen molar-refractivity contribution < 1.29 is 4.79 Å². The smallest absolute Gasteiger partial charge is 0.224 e. The van der Waals surface area contributed by atoms with Crippen molar-refractivity contribution in [1.82, 2.24) is 4.90 Å². The van der Waals surface area contributed by atoms with E-state index in [1.165, 1.54) is 0 Å². The number of benzene rings is 1. The summed E-state index contributed by atoms with van der Waals surface area (Å²) in [7, 11) is 0. The van der Waals surface area contributed by atoms with Gasteiger partial charge >= 0.3 is 0 Å². The van der Waals surface area contributed by atoms with E-state index >= 15 is 0 Å². The van der Waals surface area contributed by atoms with E-state index in [1.54, 1.807) is 0 Å².